The molecule has 0 unspecified atom stereocenters. The molecule has 1 aliphatic heterocycles. The maximum absolute atomic E-state index is 14.9. The van der Waals surface area contributed by atoms with Gasteiger partial charge in [-0.2, -0.15) is 4.98 Å². The van der Waals surface area contributed by atoms with Gasteiger partial charge in [-0.3, -0.25) is 4.90 Å². The molecule has 0 bridgehead atoms. The molecule has 2 aromatic heterocycles. The molecule has 1 aliphatic rings. The van der Waals surface area contributed by atoms with Crippen LogP contribution in [-0.4, -0.2) is 82.9 Å². The van der Waals surface area contributed by atoms with Gasteiger partial charge in [0.1, 0.15) is 17.5 Å². The molecule has 0 atom stereocenters. The zero-order chi connectivity index (χ0) is 25.2. The minimum Gasteiger partial charge on any atom is -0.383 e. The third kappa shape index (κ3) is 5.00. The van der Waals surface area contributed by atoms with Crippen molar-refractivity contribution in [1.29, 1.82) is 0 Å². The van der Waals surface area contributed by atoms with Crippen LogP contribution in [0.15, 0.2) is 48.5 Å². The largest absolute Gasteiger partial charge is 0.383 e. The first-order valence-electron chi connectivity index (χ1n) is 12.0. The highest BCUT2D eigenvalue weighted by Crippen LogP contribution is 2.34. The number of hydrogen-bond donors (Lipinski definition) is 1. The van der Waals surface area contributed by atoms with Crippen molar-refractivity contribution >= 4 is 22.8 Å². The van der Waals surface area contributed by atoms with E-state index in [1.54, 1.807) is 4.68 Å². The van der Waals surface area contributed by atoms with Crippen LogP contribution in [0.1, 0.15) is 5.56 Å². The van der Waals surface area contributed by atoms with Gasteiger partial charge in [0.05, 0.1) is 17.6 Å². The summed E-state index contributed by atoms with van der Waals surface area (Å²) in [7, 11) is 4.14. The molecule has 1 saturated heterocycles. The Labute approximate surface area is 209 Å². The number of fused-ring (bicyclic) bond motifs is 1. The molecule has 0 saturated carbocycles. The molecule has 36 heavy (non-hydrogen) atoms. The topological polar surface area (TPSA) is 79.3 Å². The number of nitrogens with zero attached hydrogens (tertiary/aromatic N) is 7. The zero-order valence-electron chi connectivity index (χ0n) is 20.5. The molecule has 0 amide bonds. The second-order valence-electron chi connectivity index (χ2n) is 9.36. The highest BCUT2D eigenvalue weighted by molar-refractivity contribution is 5.99. The van der Waals surface area contributed by atoms with E-state index in [1.165, 1.54) is 12.1 Å². The standard InChI is InChI=1S/C26H30F2N8/c1-33(2)10-11-34-12-14-35(15-13-34)26-30-23(20-9-8-19(27)16-21(20)28)22-24(29)36(32-25(22)31-26)17-18-6-4-3-5-7-18/h3-9,16H,10-15,17,29H2,1-2H3. The summed E-state index contributed by atoms with van der Waals surface area (Å²) in [6, 6.07) is 13.3. The number of halogens is 2. The maximum atomic E-state index is 14.9. The fourth-order valence-corrected chi connectivity index (χ4v) is 4.45. The third-order valence-corrected chi connectivity index (χ3v) is 6.51. The predicted molar refractivity (Wildman–Crippen MR) is 138 cm³/mol. The van der Waals surface area contributed by atoms with Gasteiger partial charge in [-0.25, -0.2) is 18.4 Å². The molecule has 10 heteroatoms. The van der Waals surface area contributed by atoms with Gasteiger partial charge in [0.25, 0.3) is 0 Å². The van der Waals surface area contributed by atoms with E-state index in [9.17, 15) is 8.78 Å². The Bertz CT molecular complexity index is 1350. The van der Waals surface area contributed by atoms with Crippen LogP contribution in [-0.2, 0) is 6.54 Å². The Hall–Kier alpha value is -3.63. The van der Waals surface area contributed by atoms with Crippen LogP contribution >= 0.6 is 0 Å². The number of anilines is 2. The lowest BCUT2D eigenvalue weighted by atomic mass is 10.1. The van der Waals surface area contributed by atoms with Gasteiger partial charge >= 0.3 is 0 Å². The van der Waals surface area contributed by atoms with E-state index < -0.39 is 11.6 Å². The monoisotopic (exact) mass is 492 g/mol. The molecule has 0 radical (unpaired) electrons. The average Bonchev–Trinajstić information content (AvgIpc) is 3.18. The number of benzene rings is 2. The van der Waals surface area contributed by atoms with Crippen molar-refractivity contribution in [2.24, 2.45) is 0 Å². The smallest absolute Gasteiger partial charge is 0.228 e. The molecule has 3 heterocycles. The Balaban J connectivity index is 1.53. The van der Waals surface area contributed by atoms with E-state index in [0.29, 0.717) is 35.0 Å². The van der Waals surface area contributed by atoms with Gasteiger partial charge in [-0.15, -0.1) is 5.10 Å². The zero-order valence-corrected chi connectivity index (χ0v) is 20.5. The Kier molecular flexibility index (Phi) is 6.80. The summed E-state index contributed by atoms with van der Waals surface area (Å²) in [6.45, 7) is 5.66. The summed E-state index contributed by atoms with van der Waals surface area (Å²) in [6.07, 6.45) is 0. The Morgan fingerprint density at radius 3 is 2.42 bits per heavy atom. The fraction of sp³-hybridized carbons (Fsp3) is 0.346. The molecule has 8 nitrogen and oxygen atoms in total. The normalized spacial score (nSPS) is 14.8. The van der Waals surface area contributed by atoms with E-state index in [-0.39, 0.29) is 5.56 Å². The van der Waals surface area contributed by atoms with Gasteiger partial charge in [-0.1, -0.05) is 30.3 Å². The molecular weight excluding hydrogens is 462 g/mol. The summed E-state index contributed by atoms with van der Waals surface area (Å²) < 4.78 is 30.3. The first-order valence-corrected chi connectivity index (χ1v) is 12.0. The van der Waals surface area contributed by atoms with Crippen LogP contribution in [0.4, 0.5) is 20.5 Å². The number of aromatic nitrogens is 4. The van der Waals surface area contributed by atoms with Gasteiger partial charge in [0, 0.05) is 50.9 Å². The van der Waals surface area contributed by atoms with Crippen molar-refractivity contribution in [2.45, 2.75) is 6.54 Å². The van der Waals surface area contributed by atoms with Crippen molar-refractivity contribution in [3.63, 3.8) is 0 Å². The molecule has 188 valence electrons. The summed E-state index contributed by atoms with van der Waals surface area (Å²) in [4.78, 5) is 16.2. The SMILES string of the molecule is CN(C)CCN1CCN(c2nc(-c3ccc(F)cc3F)c3c(N)n(Cc4ccccc4)nc3n2)CC1. The molecular formula is C26H30F2N8. The van der Waals surface area contributed by atoms with Gasteiger partial charge in [0.2, 0.25) is 5.95 Å². The van der Waals surface area contributed by atoms with Crippen molar-refractivity contribution in [3.05, 3.63) is 65.7 Å². The van der Waals surface area contributed by atoms with E-state index in [2.05, 4.69) is 33.9 Å². The van der Waals surface area contributed by atoms with Crippen LogP contribution in [0, 0.1) is 11.6 Å². The first kappa shape index (κ1) is 24.1. The lowest BCUT2D eigenvalue weighted by Gasteiger charge is -2.35. The van der Waals surface area contributed by atoms with Crippen LogP contribution < -0.4 is 10.6 Å². The number of rotatable bonds is 7. The Morgan fingerprint density at radius 2 is 1.72 bits per heavy atom. The molecule has 5 rings (SSSR count). The lowest BCUT2D eigenvalue weighted by molar-refractivity contribution is 0.229. The van der Waals surface area contributed by atoms with Crippen LogP contribution in [0.3, 0.4) is 0 Å². The highest BCUT2D eigenvalue weighted by atomic mass is 19.1. The minimum atomic E-state index is -0.704. The van der Waals surface area contributed by atoms with Gasteiger partial charge in [0.15, 0.2) is 5.65 Å². The average molecular weight is 493 g/mol. The van der Waals surface area contributed by atoms with Crippen LogP contribution in [0.2, 0.25) is 0 Å². The van der Waals surface area contributed by atoms with Crippen LogP contribution in [0.5, 0.6) is 0 Å². The fourth-order valence-electron chi connectivity index (χ4n) is 4.45. The minimum absolute atomic E-state index is 0.167. The van der Waals surface area contributed by atoms with E-state index in [0.717, 1.165) is 50.9 Å². The molecule has 2 N–H and O–H groups in total. The van der Waals surface area contributed by atoms with E-state index >= 15 is 0 Å². The highest BCUT2D eigenvalue weighted by Gasteiger charge is 2.25. The number of likely N-dealkylation sites (N-methyl/N-ethyl adjacent to an activating group) is 1. The van der Waals surface area contributed by atoms with Crippen molar-refractivity contribution in [1.82, 2.24) is 29.5 Å². The maximum Gasteiger partial charge on any atom is 0.228 e. The molecule has 0 spiro atoms. The molecule has 1 fully saturated rings. The second kappa shape index (κ2) is 10.2. The third-order valence-electron chi connectivity index (χ3n) is 6.51. The van der Waals surface area contributed by atoms with Crippen molar-refractivity contribution in [3.8, 4) is 11.3 Å². The van der Waals surface area contributed by atoms with E-state index in [4.69, 9.17) is 15.7 Å². The molecule has 2 aromatic carbocycles. The summed E-state index contributed by atoms with van der Waals surface area (Å²) in [5, 5.41) is 5.12. The van der Waals surface area contributed by atoms with Crippen molar-refractivity contribution < 1.29 is 8.78 Å². The van der Waals surface area contributed by atoms with E-state index in [1.807, 2.05) is 30.3 Å². The lowest BCUT2D eigenvalue weighted by Crippen LogP contribution is -2.48. The Morgan fingerprint density at radius 1 is 0.972 bits per heavy atom. The quantitative estimate of drug-likeness (QED) is 0.425. The van der Waals surface area contributed by atoms with Gasteiger partial charge in [-0.05, 0) is 31.8 Å². The number of piperazine rings is 1. The second-order valence-corrected chi connectivity index (χ2v) is 9.36. The number of nitrogen functional groups attached to an aromatic ring is 1. The summed E-state index contributed by atoms with van der Waals surface area (Å²) >= 11 is 0. The van der Waals surface area contributed by atoms with Crippen molar-refractivity contribution in [2.75, 3.05) is 64.0 Å². The van der Waals surface area contributed by atoms with Crippen LogP contribution in [0.25, 0.3) is 22.3 Å². The number of nitrogens with two attached hydrogens (primary N) is 1. The number of hydrogen-bond acceptors (Lipinski definition) is 7. The predicted octanol–water partition coefficient (Wildman–Crippen LogP) is 3.09. The molecule has 0 aliphatic carbocycles. The molecule has 4 aromatic rings. The first-order chi connectivity index (χ1) is 17.4. The summed E-state index contributed by atoms with van der Waals surface area (Å²) in [5.74, 6) is -0.543. The summed E-state index contributed by atoms with van der Waals surface area (Å²) in [5.41, 5.74) is 8.41. The van der Waals surface area contributed by atoms with Gasteiger partial charge < -0.3 is 15.5 Å².